The summed E-state index contributed by atoms with van der Waals surface area (Å²) in [7, 11) is 0. The molecular formula is C16H17BrFNO. The normalized spacial score (nSPS) is 10.8. The second-order valence-electron chi connectivity index (χ2n) is 4.89. The molecule has 0 saturated heterocycles. The number of nitrogens with one attached hydrogen (secondary N) is 1. The van der Waals surface area contributed by atoms with Gasteiger partial charge in [-0.05, 0) is 29.8 Å². The van der Waals surface area contributed by atoms with Gasteiger partial charge in [0.25, 0.3) is 0 Å². The van der Waals surface area contributed by atoms with Crippen LogP contribution in [0.4, 0.5) is 4.39 Å². The predicted octanol–water partition coefficient (Wildman–Crippen LogP) is 4.88. The first-order chi connectivity index (χ1) is 9.52. The van der Waals surface area contributed by atoms with Crippen molar-refractivity contribution in [3.05, 3.63) is 58.3 Å². The van der Waals surface area contributed by atoms with E-state index in [1.54, 1.807) is 6.07 Å². The fraction of sp³-hybridized carbons (Fsp3) is 0.250. The zero-order valence-electron chi connectivity index (χ0n) is 11.5. The van der Waals surface area contributed by atoms with Crippen LogP contribution in [0.2, 0.25) is 0 Å². The van der Waals surface area contributed by atoms with E-state index < -0.39 is 0 Å². The van der Waals surface area contributed by atoms with E-state index in [1.165, 1.54) is 12.1 Å². The van der Waals surface area contributed by atoms with Gasteiger partial charge in [0.15, 0.2) is 0 Å². The third-order valence-electron chi connectivity index (χ3n) is 2.68. The predicted molar refractivity (Wildman–Crippen MR) is 82.6 cm³/mol. The van der Waals surface area contributed by atoms with Gasteiger partial charge in [0, 0.05) is 23.1 Å². The maximum Gasteiger partial charge on any atom is 0.131 e. The summed E-state index contributed by atoms with van der Waals surface area (Å²) in [6.07, 6.45) is 0. The van der Waals surface area contributed by atoms with Crippen LogP contribution in [-0.2, 0) is 6.54 Å². The highest BCUT2D eigenvalue weighted by Crippen LogP contribution is 2.26. The van der Waals surface area contributed by atoms with Gasteiger partial charge >= 0.3 is 0 Å². The molecule has 0 saturated carbocycles. The van der Waals surface area contributed by atoms with E-state index >= 15 is 0 Å². The van der Waals surface area contributed by atoms with Crippen molar-refractivity contribution in [1.29, 1.82) is 0 Å². The Morgan fingerprint density at radius 1 is 1.15 bits per heavy atom. The van der Waals surface area contributed by atoms with Crippen molar-refractivity contribution in [2.75, 3.05) is 0 Å². The van der Waals surface area contributed by atoms with Crippen molar-refractivity contribution in [3.63, 3.8) is 0 Å². The smallest absolute Gasteiger partial charge is 0.131 e. The average molecular weight is 338 g/mol. The lowest BCUT2D eigenvalue weighted by Gasteiger charge is -2.10. The van der Waals surface area contributed by atoms with Crippen molar-refractivity contribution >= 4 is 15.9 Å². The van der Waals surface area contributed by atoms with E-state index in [9.17, 15) is 4.39 Å². The Kier molecular flexibility index (Phi) is 5.15. The van der Waals surface area contributed by atoms with Crippen LogP contribution < -0.4 is 10.1 Å². The van der Waals surface area contributed by atoms with Gasteiger partial charge in [-0.15, -0.1) is 0 Å². The van der Waals surface area contributed by atoms with Gasteiger partial charge in [0.2, 0.25) is 0 Å². The van der Waals surface area contributed by atoms with E-state index in [4.69, 9.17) is 4.74 Å². The molecule has 2 nitrogen and oxygen atoms in total. The van der Waals surface area contributed by atoms with E-state index in [-0.39, 0.29) is 5.82 Å². The summed E-state index contributed by atoms with van der Waals surface area (Å²) >= 11 is 3.25. The summed E-state index contributed by atoms with van der Waals surface area (Å²) < 4.78 is 19.6. The fourth-order valence-corrected chi connectivity index (χ4v) is 2.21. The summed E-state index contributed by atoms with van der Waals surface area (Å²) in [6.45, 7) is 4.98. The molecule has 0 unspecified atom stereocenters. The lowest BCUT2D eigenvalue weighted by Crippen LogP contribution is -2.21. The van der Waals surface area contributed by atoms with Crippen LogP contribution in [0.5, 0.6) is 11.5 Å². The third kappa shape index (κ3) is 4.62. The largest absolute Gasteiger partial charge is 0.457 e. The highest BCUT2D eigenvalue weighted by Gasteiger charge is 2.03. The molecule has 4 heteroatoms. The number of ether oxygens (including phenoxy) is 1. The lowest BCUT2D eigenvalue weighted by molar-refractivity contribution is 0.475. The molecule has 20 heavy (non-hydrogen) atoms. The van der Waals surface area contributed by atoms with Gasteiger partial charge in [0.1, 0.15) is 17.3 Å². The SMILES string of the molecule is CC(C)NCc1cccc(Oc2cc(F)cc(Br)c2)c1. The Hall–Kier alpha value is -1.39. The molecule has 2 rings (SSSR count). The minimum atomic E-state index is -0.327. The van der Waals surface area contributed by atoms with Gasteiger partial charge < -0.3 is 10.1 Å². The topological polar surface area (TPSA) is 21.3 Å². The zero-order chi connectivity index (χ0) is 14.5. The molecule has 0 spiro atoms. The Balaban J connectivity index is 2.11. The van der Waals surface area contributed by atoms with Gasteiger partial charge in [-0.1, -0.05) is 41.9 Å². The molecular weight excluding hydrogens is 321 g/mol. The van der Waals surface area contributed by atoms with Crippen LogP contribution >= 0.6 is 15.9 Å². The lowest BCUT2D eigenvalue weighted by atomic mass is 10.2. The molecule has 1 N–H and O–H groups in total. The van der Waals surface area contributed by atoms with E-state index in [0.717, 1.165) is 12.1 Å². The van der Waals surface area contributed by atoms with E-state index in [1.807, 2.05) is 24.3 Å². The summed E-state index contributed by atoms with van der Waals surface area (Å²) in [4.78, 5) is 0. The van der Waals surface area contributed by atoms with Gasteiger partial charge in [-0.25, -0.2) is 4.39 Å². The van der Waals surface area contributed by atoms with Crippen LogP contribution in [0.15, 0.2) is 46.9 Å². The Morgan fingerprint density at radius 2 is 1.95 bits per heavy atom. The number of benzene rings is 2. The molecule has 2 aromatic rings. The Bertz CT molecular complexity index is 566. The molecule has 0 amide bonds. The van der Waals surface area contributed by atoms with Crippen LogP contribution in [0.3, 0.4) is 0 Å². The third-order valence-corrected chi connectivity index (χ3v) is 3.14. The van der Waals surface area contributed by atoms with Crippen molar-refractivity contribution < 1.29 is 9.13 Å². The minimum Gasteiger partial charge on any atom is -0.457 e. The highest BCUT2D eigenvalue weighted by molar-refractivity contribution is 9.10. The maximum absolute atomic E-state index is 13.3. The first-order valence-corrected chi connectivity index (χ1v) is 7.28. The molecule has 2 aromatic carbocycles. The molecule has 0 bridgehead atoms. The molecule has 0 aromatic heterocycles. The zero-order valence-corrected chi connectivity index (χ0v) is 13.1. The van der Waals surface area contributed by atoms with E-state index in [2.05, 4.69) is 35.1 Å². The van der Waals surface area contributed by atoms with Gasteiger partial charge in [0.05, 0.1) is 0 Å². The van der Waals surface area contributed by atoms with Crippen LogP contribution in [0.25, 0.3) is 0 Å². The molecule has 0 fully saturated rings. The quantitative estimate of drug-likeness (QED) is 0.839. The molecule has 0 atom stereocenters. The monoisotopic (exact) mass is 337 g/mol. The minimum absolute atomic E-state index is 0.327. The van der Waals surface area contributed by atoms with E-state index in [0.29, 0.717) is 22.0 Å². The Morgan fingerprint density at radius 3 is 2.65 bits per heavy atom. The standard InChI is InChI=1S/C16H17BrFNO/c1-11(2)19-10-12-4-3-5-15(6-12)20-16-8-13(17)7-14(18)9-16/h3-9,11,19H,10H2,1-2H3. The van der Waals surface area contributed by atoms with Crippen molar-refractivity contribution in [2.45, 2.75) is 26.4 Å². The number of rotatable bonds is 5. The average Bonchev–Trinajstić information content (AvgIpc) is 2.35. The van der Waals surface area contributed by atoms with Gasteiger partial charge in [-0.3, -0.25) is 0 Å². The summed E-state index contributed by atoms with van der Waals surface area (Å²) in [6, 6.07) is 12.7. The maximum atomic E-state index is 13.3. The van der Waals surface area contributed by atoms with Crippen LogP contribution in [0.1, 0.15) is 19.4 Å². The second kappa shape index (κ2) is 6.86. The van der Waals surface area contributed by atoms with Crippen molar-refractivity contribution in [3.8, 4) is 11.5 Å². The molecule has 0 aliphatic heterocycles. The van der Waals surface area contributed by atoms with Crippen molar-refractivity contribution in [2.24, 2.45) is 0 Å². The number of halogens is 2. The molecule has 0 aliphatic carbocycles. The van der Waals surface area contributed by atoms with Gasteiger partial charge in [-0.2, -0.15) is 0 Å². The fourth-order valence-electron chi connectivity index (χ4n) is 1.76. The summed E-state index contributed by atoms with van der Waals surface area (Å²) in [5, 5.41) is 3.35. The first kappa shape index (κ1) is 15.0. The number of hydrogen-bond donors (Lipinski definition) is 1. The summed E-state index contributed by atoms with van der Waals surface area (Å²) in [5.41, 5.74) is 1.13. The molecule has 0 radical (unpaired) electrons. The second-order valence-corrected chi connectivity index (χ2v) is 5.81. The van der Waals surface area contributed by atoms with Crippen molar-refractivity contribution in [1.82, 2.24) is 5.32 Å². The highest BCUT2D eigenvalue weighted by atomic mass is 79.9. The van der Waals surface area contributed by atoms with Crippen LogP contribution in [-0.4, -0.2) is 6.04 Å². The first-order valence-electron chi connectivity index (χ1n) is 6.49. The molecule has 0 aliphatic rings. The molecule has 0 heterocycles. The number of hydrogen-bond acceptors (Lipinski definition) is 2. The molecule has 106 valence electrons. The van der Waals surface area contributed by atoms with Crippen LogP contribution in [0, 0.1) is 5.82 Å². The summed E-state index contributed by atoms with van der Waals surface area (Å²) in [5.74, 6) is 0.850. The Labute approximate surface area is 127 Å².